The first-order chi connectivity index (χ1) is 23.8. The molecule has 0 amide bonds. The second-order valence-corrected chi connectivity index (χ2v) is 13.5. The summed E-state index contributed by atoms with van der Waals surface area (Å²) in [6.45, 7) is 0. The molecular weight excluding hydrogens is 607 g/mol. The molecular formula is C43H27N3OS. The molecule has 0 fully saturated rings. The van der Waals surface area contributed by atoms with Gasteiger partial charge in [0, 0.05) is 43.5 Å². The Bertz CT molecular complexity index is 2620. The molecule has 0 saturated heterocycles. The quantitative estimate of drug-likeness (QED) is 0.193. The van der Waals surface area contributed by atoms with E-state index in [2.05, 4.69) is 115 Å². The van der Waals surface area contributed by atoms with Crippen LogP contribution in [0.15, 0.2) is 161 Å². The zero-order valence-electron chi connectivity index (χ0n) is 25.7. The van der Waals surface area contributed by atoms with Gasteiger partial charge in [-0.2, -0.15) is 0 Å². The van der Waals surface area contributed by atoms with Crippen LogP contribution >= 0.6 is 11.8 Å². The normalized spacial score (nSPS) is 16.7. The van der Waals surface area contributed by atoms with Gasteiger partial charge in [0.15, 0.2) is 17.5 Å². The molecule has 1 aliphatic carbocycles. The lowest BCUT2D eigenvalue weighted by atomic mass is 9.89. The average Bonchev–Trinajstić information content (AvgIpc) is 3.73. The Morgan fingerprint density at radius 2 is 1.19 bits per heavy atom. The average molecular weight is 634 g/mol. The van der Waals surface area contributed by atoms with E-state index < -0.39 is 0 Å². The van der Waals surface area contributed by atoms with Crippen molar-refractivity contribution in [2.75, 3.05) is 0 Å². The summed E-state index contributed by atoms with van der Waals surface area (Å²) in [5, 5.41) is 4.85. The zero-order valence-corrected chi connectivity index (χ0v) is 26.6. The van der Waals surface area contributed by atoms with Crippen LogP contribution < -0.4 is 0 Å². The van der Waals surface area contributed by atoms with E-state index in [1.807, 2.05) is 48.2 Å². The van der Waals surface area contributed by atoms with E-state index in [1.54, 1.807) is 0 Å². The van der Waals surface area contributed by atoms with Gasteiger partial charge in [-0.25, -0.2) is 15.0 Å². The minimum Gasteiger partial charge on any atom is -0.456 e. The number of nitrogens with zero attached hydrogens (tertiary/aromatic N) is 3. The third kappa shape index (κ3) is 4.35. The van der Waals surface area contributed by atoms with Crippen LogP contribution in [-0.2, 0) is 0 Å². The van der Waals surface area contributed by atoms with Crippen LogP contribution in [0.5, 0.6) is 0 Å². The molecule has 5 heteroatoms. The molecule has 10 rings (SSSR count). The molecule has 0 radical (unpaired) electrons. The van der Waals surface area contributed by atoms with Crippen LogP contribution in [0.4, 0.5) is 0 Å². The molecule has 3 heterocycles. The highest BCUT2D eigenvalue weighted by Crippen LogP contribution is 2.49. The number of benzene rings is 6. The second kappa shape index (κ2) is 10.9. The van der Waals surface area contributed by atoms with Gasteiger partial charge < -0.3 is 4.42 Å². The number of thioether (sulfide) groups is 1. The molecule has 2 atom stereocenters. The Morgan fingerprint density at radius 1 is 0.521 bits per heavy atom. The van der Waals surface area contributed by atoms with Crippen LogP contribution in [0.2, 0.25) is 0 Å². The van der Waals surface area contributed by atoms with E-state index in [0.717, 1.165) is 60.5 Å². The van der Waals surface area contributed by atoms with E-state index in [-0.39, 0.29) is 5.92 Å². The van der Waals surface area contributed by atoms with Crippen LogP contribution in [0.25, 0.3) is 72.2 Å². The predicted octanol–water partition coefficient (Wildman–Crippen LogP) is 11.1. The summed E-state index contributed by atoms with van der Waals surface area (Å²) in [5.41, 5.74) is 8.39. The van der Waals surface area contributed by atoms with Crippen LogP contribution in [0.3, 0.4) is 0 Å². The van der Waals surface area contributed by atoms with Crippen molar-refractivity contribution in [3.05, 3.63) is 163 Å². The molecule has 0 N–H and O–H groups in total. The van der Waals surface area contributed by atoms with Crippen LogP contribution in [0, 0.1) is 0 Å². The summed E-state index contributed by atoms with van der Waals surface area (Å²) in [5.74, 6) is 2.29. The number of para-hydroxylation sites is 1. The standard InChI is InChI=1S/C43H27N3OS/c1-2-11-26(12-3-1)41-44-42(27-23-24-39-35(25-27)31-13-5-7-22-38(31)48-39)46-43(45-41)33-19-9-15-28-29(16-8-17-30(28)33)32-18-10-21-37-40(32)34-14-4-6-20-36(34)47-37/h1-25,35,39H. The SMILES string of the molecule is C1=CC2Sc3ccccc3C2C=C1c1nc(-c2ccccc2)nc(-c2cccc3c(-c4cccc5oc6ccccc6c45)cccc23)n1. The smallest absolute Gasteiger partial charge is 0.164 e. The number of allylic oxidation sites excluding steroid dienone is 3. The van der Waals surface area contributed by atoms with Crippen molar-refractivity contribution in [2.24, 2.45) is 0 Å². The Labute approximate surface area is 281 Å². The molecule has 48 heavy (non-hydrogen) atoms. The van der Waals surface area contributed by atoms with Crippen LogP contribution in [0.1, 0.15) is 17.3 Å². The summed E-state index contributed by atoms with van der Waals surface area (Å²) < 4.78 is 6.25. The molecule has 1 aliphatic heterocycles. The lowest BCUT2D eigenvalue weighted by Crippen LogP contribution is -2.11. The molecule has 0 saturated carbocycles. The fourth-order valence-electron chi connectivity index (χ4n) is 7.28. The number of hydrogen-bond acceptors (Lipinski definition) is 5. The number of aromatic nitrogens is 3. The summed E-state index contributed by atoms with van der Waals surface area (Å²) in [6, 6.07) is 46.4. The van der Waals surface area contributed by atoms with E-state index in [4.69, 9.17) is 19.4 Å². The van der Waals surface area contributed by atoms with Gasteiger partial charge in [-0.15, -0.1) is 11.8 Å². The highest BCUT2D eigenvalue weighted by molar-refractivity contribution is 8.00. The first-order valence-electron chi connectivity index (χ1n) is 16.2. The van der Waals surface area contributed by atoms with Gasteiger partial charge in [0.1, 0.15) is 11.2 Å². The number of fused-ring (bicyclic) bond motifs is 7. The van der Waals surface area contributed by atoms with Crippen molar-refractivity contribution in [1.82, 2.24) is 15.0 Å². The minimum absolute atomic E-state index is 0.286. The predicted molar refractivity (Wildman–Crippen MR) is 197 cm³/mol. The van der Waals surface area contributed by atoms with Gasteiger partial charge >= 0.3 is 0 Å². The van der Waals surface area contributed by atoms with Gasteiger partial charge in [0.2, 0.25) is 0 Å². The lowest BCUT2D eigenvalue weighted by Gasteiger charge is -2.19. The molecule has 8 aromatic rings. The van der Waals surface area contributed by atoms with Gasteiger partial charge in [-0.05, 0) is 45.7 Å². The zero-order chi connectivity index (χ0) is 31.6. The second-order valence-electron chi connectivity index (χ2n) is 12.3. The number of hydrogen-bond donors (Lipinski definition) is 0. The minimum atomic E-state index is 0.286. The van der Waals surface area contributed by atoms with Crippen LogP contribution in [-0.4, -0.2) is 20.2 Å². The maximum absolute atomic E-state index is 6.25. The molecule has 0 bridgehead atoms. The van der Waals surface area contributed by atoms with E-state index in [9.17, 15) is 0 Å². The highest BCUT2D eigenvalue weighted by Gasteiger charge is 2.32. The summed E-state index contributed by atoms with van der Waals surface area (Å²) in [4.78, 5) is 16.7. The highest BCUT2D eigenvalue weighted by atomic mass is 32.2. The molecule has 4 nitrogen and oxygen atoms in total. The monoisotopic (exact) mass is 633 g/mol. The van der Waals surface area contributed by atoms with Gasteiger partial charge in [0.05, 0.1) is 0 Å². The van der Waals surface area contributed by atoms with Gasteiger partial charge in [-0.3, -0.25) is 0 Å². The van der Waals surface area contributed by atoms with E-state index in [0.29, 0.717) is 22.7 Å². The number of furan rings is 1. The van der Waals surface area contributed by atoms with Gasteiger partial charge in [-0.1, -0.05) is 133 Å². The fourth-order valence-corrected chi connectivity index (χ4v) is 8.60. The van der Waals surface area contributed by atoms with E-state index in [1.165, 1.54) is 10.5 Å². The van der Waals surface area contributed by atoms with Crippen molar-refractivity contribution < 1.29 is 4.42 Å². The van der Waals surface area contributed by atoms with E-state index >= 15 is 0 Å². The van der Waals surface area contributed by atoms with Crippen molar-refractivity contribution in [1.29, 1.82) is 0 Å². The Hall–Kier alpha value is -5.78. The molecule has 0 spiro atoms. The lowest BCUT2D eigenvalue weighted by molar-refractivity contribution is 0.669. The summed E-state index contributed by atoms with van der Waals surface area (Å²) in [6.07, 6.45) is 6.83. The van der Waals surface area contributed by atoms with Crippen molar-refractivity contribution in [3.63, 3.8) is 0 Å². The first-order valence-corrected chi connectivity index (χ1v) is 17.1. The Balaban J connectivity index is 1.16. The fraction of sp³-hybridized carbons (Fsp3) is 0.0465. The largest absolute Gasteiger partial charge is 0.456 e. The molecule has 6 aromatic carbocycles. The summed E-state index contributed by atoms with van der Waals surface area (Å²) >= 11 is 1.93. The molecule has 2 aromatic heterocycles. The maximum Gasteiger partial charge on any atom is 0.164 e. The number of rotatable bonds is 4. The van der Waals surface area contributed by atoms with Crippen molar-refractivity contribution in [2.45, 2.75) is 16.1 Å². The topological polar surface area (TPSA) is 51.8 Å². The van der Waals surface area contributed by atoms with Crippen molar-refractivity contribution in [3.8, 4) is 33.9 Å². The third-order valence-electron chi connectivity index (χ3n) is 9.50. The third-order valence-corrected chi connectivity index (χ3v) is 10.8. The molecule has 2 aliphatic rings. The maximum atomic E-state index is 6.25. The van der Waals surface area contributed by atoms with Crippen molar-refractivity contribution >= 4 is 50.0 Å². The first kappa shape index (κ1) is 27.3. The summed E-state index contributed by atoms with van der Waals surface area (Å²) in [7, 11) is 0. The van der Waals surface area contributed by atoms with Gasteiger partial charge in [0.25, 0.3) is 0 Å². The Morgan fingerprint density at radius 3 is 2.10 bits per heavy atom. The Kier molecular flexibility index (Phi) is 6.21. The molecule has 226 valence electrons. The molecule has 2 unspecified atom stereocenters.